The highest BCUT2D eigenvalue weighted by atomic mass is 16.6. The summed E-state index contributed by atoms with van der Waals surface area (Å²) in [5.74, 6) is -1.32. The van der Waals surface area contributed by atoms with Crippen molar-refractivity contribution < 1.29 is 19.2 Å². The predicted octanol–water partition coefficient (Wildman–Crippen LogP) is 0.0925. The molecule has 0 atom stereocenters. The number of piperidine rings is 1. The van der Waals surface area contributed by atoms with E-state index in [1.807, 2.05) is 0 Å². The predicted molar refractivity (Wildman–Crippen MR) is 74.9 cm³/mol. The molecule has 1 aliphatic rings. The van der Waals surface area contributed by atoms with Gasteiger partial charge >= 0.3 is 5.82 Å². The molecule has 0 spiro atoms. The standard InChI is InChI=1S/C13H16N4O5/c14-12(19)9-3-6-16(7-4-9)11(18)8-22-10-2-1-5-15-13(10)17(20)21/h1-2,5,9H,3-4,6-8H2,(H2,14,19). The number of nitrogens with two attached hydrogens (primary N) is 1. The third kappa shape index (κ3) is 3.68. The van der Waals surface area contributed by atoms with Gasteiger partial charge in [0.15, 0.2) is 6.61 Å². The van der Waals surface area contributed by atoms with Crippen LogP contribution >= 0.6 is 0 Å². The molecule has 0 unspecified atom stereocenters. The van der Waals surface area contributed by atoms with Crippen molar-refractivity contribution in [3.63, 3.8) is 0 Å². The number of nitrogens with zero attached hydrogens (tertiary/aromatic N) is 3. The van der Waals surface area contributed by atoms with Gasteiger partial charge in [-0.3, -0.25) is 9.59 Å². The molecule has 0 aliphatic carbocycles. The first-order chi connectivity index (χ1) is 10.5. The Kier molecular flexibility index (Phi) is 4.87. The van der Waals surface area contributed by atoms with Gasteiger partial charge in [0.25, 0.3) is 5.91 Å². The summed E-state index contributed by atoms with van der Waals surface area (Å²) in [5, 5.41) is 10.8. The summed E-state index contributed by atoms with van der Waals surface area (Å²) in [7, 11) is 0. The molecule has 9 nitrogen and oxygen atoms in total. The monoisotopic (exact) mass is 308 g/mol. The Morgan fingerprint density at radius 2 is 2.14 bits per heavy atom. The zero-order chi connectivity index (χ0) is 16.1. The number of nitro groups is 1. The lowest BCUT2D eigenvalue weighted by Gasteiger charge is -2.30. The van der Waals surface area contributed by atoms with E-state index in [4.69, 9.17) is 10.5 Å². The van der Waals surface area contributed by atoms with Crippen molar-refractivity contribution in [3.05, 3.63) is 28.4 Å². The fraction of sp³-hybridized carbons (Fsp3) is 0.462. The maximum absolute atomic E-state index is 12.0. The van der Waals surface area contributed by atoms with Crippen LogP contribution in [0.15, 0.2) is 18.3 Å². The largest absolute Gasteiger partial charge is 0.476 e. The average Bonchev–Trinajstić information content (AvgIpc) is 2.52. The maximum atomic E-state index is 12.0. The number of likely N-dealkylation sites (tertiary alicyclic amines) is 1. The molecule has 1 aliphatic heterocycles. The molecular weight excluding hydrogens is 292 g/mol. The number of primary amides is 1. The van der Waals surface area contributed by atoms with Crippen LogP contribution in [-0.2, 0) is 9.59 Å². The first-order valence-electron chi connectivity index (χ1n) is 6.78. The summed E-state index contributed by atoms with van der Waals surface area (Å²) in [6.07, 6.45) is 2.32. The Hall–Kier alpha value is -2.71. The minimum absolute atomic E-state index is 0.0483. The normalized spacial score (nSPS) is 15.4. The zero-order valence-corrected chi connectivity index (χ0v) is 11.8. The minimum atomic E-state index is -0.668. The van der Waals surface area contributed by atoms with E-state index in [-0.39, 0.29) is 30.1 Å². The van der Waals surface area contributed by atoms with E-state index in [1.54, 1.807) is 4.90 Å². The first-order valence-corrected chi connectivity index (χ1v) is 6.78. The molecule has 118 valence electrons. The lowest BCUT2D eigenvalue weighted by molar-refractivity contribution is -0.390. The number of pyridine rings is 1. The molecule has 2 rings (SSSR count). The van der Waals surface area contributed by atoms with Crippen LogP contribution in [0.3, 0.4) is 0 Å². The van der Waals surface area contributed by atoms with Crippen molar-refractivity contribution >= 4 is 17.6 Å². The minimum Gasteiger partial charge on any atom is -0.476 e. The SMILES string of the molecule is NC(=O)C1CCN(C(=O)COc2cccnc2[N+](=O)[O-])CC1. The van der Waals surface area contributed by atoms with Crippen molar-refractivity contribution in [3.8, 4) is 5.75 Å². The van der Waals surface area contributed by atoms with Crippen LogP contribution in [0.5, 0.6) is 5.75 Å². The summed E-state index contributed by atoms with van der Waals surface area (Å²) in [5.41, 5.74) is 5.23. The third-order valence-corrected chi connectivity index (χ3v) is 3.52. The molecule has 1 aromatic heterocycles. The highest BCUT2D eigenvalue weighted by Crippen LogP contribution is 2.23. The smallest absolute Gasteiger partial charge is 0.406 e. The average molecular weight is 308 g/mol. The summed E-state index contributed by atoms with van der Waals surface area (Å²) in [4.78, 5) is 38.4. The zero-order valence-electron chi connectivity index (χ0n) is 11.8. The van der Waals surface area contributed by atoms with Crippen molar-refractivity contribution in [1.82, 2.24) is 9.88 Å². The molecular formula is C13H16N4O5. The van der Waals surface area contributed by atoms with Crippen LogP contribution in [0.2, 0.25) is 0 Å². The number of hydrogen-bond acceptors (Lipinski definition) is 6. The topological polar surface area (TPSA) is 129 Å². The molecule has 0 bridgehead atoms. The van der Waals surface area contributed by atoms with E-state index in [2.05, 4.69) is 4.98 Å². The number of carbonyl (C=O) groups excluding carboxylic acids is 2. The lowest BCUT2D eigenvalue weighted by atomic mass is 9.96. The molecule has 2 N–H and O–H groups in total. The van der Waals surface area contributed by atoms with Crippen LogP contribution in [0.25, 0.3) is 0 Å². The summed E-state index contributed by atoms with van der Waals surface area (Å²) < 4.78 is 5.20. The highest BCUT2D eigenvalue weighted by Gasteiger charge is 2.26. The third-order valence-electron chi connectivity index (χ3n) is 3.52. The Labute approximate surface area is 126 Å². The van der Waals surface area contributed by atoms with E-state index in [0.717, 1.165) is 0 Å². The molecule has 22 heavy (non-hydrogen) atoms. The molecule has 1 aromatic rings. The van der Waals surface area contributed by atoms with Crippen LogP contribution in [0.4, 0.5) is 5.82 Å². The van der Waals surface area contributed by atoms with Gasteiger partial charge in [-0.2, -0.15) is 0 Å². The van der Waals surface area contributed by atoms with Gasteiger partial charge < -0.3 is 25.5 Å². The Balaban J connectivity index is 1.89. The molecule has 2 amide bonds. The Morgan fingerprint density at radius 1 is 1.45 bits per heavy atom. The van der Waals surface area contributed by atoms with Crippen LogP contribution in [0, 0.1) is 16.0 Å². The van der Waals surface area contributed by atoms with Gasteiger partial charge in [-0.15, -0.1) is 0 Å². The van der Waals surface area contributed by atoms with Crippen molar-refractivity contribution in [2.45, 2.75) is 12.8 Å². The number of amides is 2. The van der Waals surface area contributed by atoms with E-state index >= 15 is 0 Å². The quantitative estimate of drug-likeness (QED) is 0.606. The van der Waals surface area contributed by atoms with Gasteiger partial charge in [0.05, 0.1) is 0 Å². The van der Waals surface area contributed by atoms with Crippen LogP contribution in [0.1, 0.15) is 12.8 Å². The maximum Gasteiger partial charge on any atom is 0.406 e. The first kappa shape index (κ1) is 15.7. The highest BCUT2D eigenvalue weighted by molar-refractivity contribution is 5.79. The summed E-state index contributed by atoms with van der Waals surface area (Å²) in [6, 6.07) is 2.88. The lowest BCUT2D eigenvalue weighted by Crippen LogP contribution is -2.43. The summed E-state index contributed by atoms with van der Waals surface area (Å²) >= 11 is 0. The van der Waals surface area contributed by atoms with Crippen molar-refractivity contribution in [2.75, 3.05) is 19.7 Å². The van der Waals surface area contributed by atoms with Gasteiger partial charge in [0, 0.05) is 19.0 Å². The fourth-order valence-corrected chi connectivity index (χ4v) is 2.28. The number of aromatic nitrogens is 1. The van der Waals surface area contributed by atoms with Crippen LogP contribution in [-0.4, -0.2) is 46.3 Å². The molecule has 0 radical (unpaired) electrons. The van der Waals surface area contributed by atoms with Crippen molar-refractivity contribution in [1.29, 1.82) is 0 Å². The Bertz CT molecular complexity index is 584. The van der Waals surface area contributed by atoms with E-state index < -0.39 is 10.7 Å². The number of hydrogen-bond donors (Lipinski definition) is 1. The van der Waals surface area contributed by atoms with Crippen molar-refractivity contribution in [2.24, 2.45) is 11.7 Å². The van der Waals surface area contributed by atoms with Gasteiger partial charge in [-0.25, -0.2) is 0 Å². The molecule has 0 aromatic carbocycles. The second-order valence-electron chi connectivity index (χ2n) is 4.93. The van der Waals surface area contributed by atoms with Gasteiger partial charge in [-0.1, -0.05) is 0 Å². The fourth-order valence-electron chi connectivity index (χ4n) is 2.28. The second-order valence-corrected chi connectivity index (χ2v) is 4.93. The summed E-state index contributed by atoms with van der Waals surface area (Å²) in [6.45, 7) is 0.531. The molecule has 0 saturated carbocycles. The van der Waals surface area contributed by atoms with E-state index in [1.165, 1.54) is 18.3 Å². The van der Waals surface area contributed by atoms with Gasteiger partial charge in [-0.05, 0) is 34.9 Å². The molecule has 2 heterocycles. The second kappa shape index (κ2) is 6.83. The van der Waals surface area contributed by atoms with E-state index in [9.17, 15) is 19.7 Å². The van der Waals surface area contributed by atoms with Gasteiger partial charge in [0.1, 0.15) is 6.20 Å². The number of rotatable bonds is 5. The Morgan fingerprint density at radius 3 is 2.73 bits per heavy atom. The molecule has 1 saturated heterocycles. The van der Waals surface area contributed by atoms with E-state index in [0.29, 0.717) is 25.9 Å². The van der Waals surface area contributed by atoms with Crippen LogP contribution < -0.4 is 10.5 Å². The molecule has 1 fully saturated rings. The molecule has 9 heteroatoms. The van der Waals surface area contributed by atoms with Gasteiger partial charge in [0.2, 0.25) is 11.7 Å². The number of carbonyl (C=O) groups is 2. The number of ether oxygens (including phenoxy) is 1.